The number of rotatable bonds is 7. The summed E-state index contributed by atoms with van der Waals surface area (Å²) in [4.78, 5) is 26.4. The summed E-state index contributed by atoms with van der Waals surface area (Å²) >= 11 is 0. The first-order chi connectivity index (χ1) is 16.3. The molecule has 1 amide bonds. The van der Waals surface area contributed by atoms with E-state index in [-0.39, 0.29) is 30.1 Å². The SMILES string of the molecule is CC(=O)CC[C@H]1CN(c2cc(F)c(N3CCN(C)N(Cc4ccccc4)CC3)c(F)c2)C(=O)O1. The second-order valence-electron chi connectivity index (χ2n) is 8.86. The number of carbonyl (C=O) groups excluding carboxylic acids is 2. The highest BCUT2D eigenvalue weighted by Gasteiger charge is 2.34. The molecular weight excluding hydrogens is 442 g/mol. The van der Waals surface area contributed by atoms with Gasteiger partial charge in [0.25, 0.3) is 0 Å². The van der Waals surface area contributed by atoms with Crippen LogP contribution >= 0.6 is 0 Å². The number of likely N-dealkylation sites (N-methyl/N-ethyl adjacent to an activating group) is 1. The van der Waals surface area contributed by atoms with E-state index in [2.05, 4.69) is 22.2 Å². The maximum absolute atomic E-state index is 15.2. The van der Waals surface area contributed by atoms with Crippen molar-refractivity contribution < 1.29 is 23.1 Å². The molecular formula is C25H30F2N4O3. The summed E-state index contributed by atoms with van der Waals surface area (Å²) in [5.41, 5.74) is 1.20. The van der Waals surface area contributed by atoms with E-state index < -0.39 is 23.8 Å². The molecule has 2 aromatic carbocycles. The Labute approximate surface area is 198 Å². The summed E-state index contributed by atoms with van der Waals surface area (Å²) < 4.78 is 35.6. The van der Waals surface area contributed by atoms with Crippen LogP contribution in [-0.4, -0.2) is 67.8 Å². The van der Waals surface area contributed by atoms with E-state index in [0.717, 1.165) is 6.54 Å². The molecule has 7 nitrogen and oxygen atoms in total. The number of benzene rings is 2. The van der Waals surface area contributed by atoms with Gasteiger partial charge in [-0.25, -0.2) is 23.6 Å². The van der Waals surface area contributed by atoms with Gasteiger partial charge in [0.05, 0.1) is 12.2 Å². The van der Waals surface area contributed by atoms with Crippen molar-refractivity contribution in [2.45, 2.75) is 32.4 Å². The van der Waals surface area contributed by atoms with Crippen molar-refractivity contribution in [3.8, 4) is 0 Å². The lowest BCUT2D eigenvalue weighted by Gasteiger charge is -2.29. The summed E-state index contributed by atoms with van der Waals surface area (Å²) in [6.45, 7) is 4.51. The minimum absolute atomic E-state index is 0.00127. The lowest BCUT2D eigenvalue weighted by molar-refractivity contribution is -0.117. The number of hydrazine groups is 1. The van der Waals surface area contributed by atoms with Crippen molar-refractivity contribution in [1.82, 2.24) is 10.0 Å². The number of amides is 1. The van der Waals surface area contributed by atoms with Gasteiger partial charge in [0.15, 0.2) is 11.6 Å². The Bertz CT molecular complexity index is 1010. The third-order valence-electron chi connectivity index (χ3n) is 6.33. The first kappa shape index (κ1) is 24.1. The van der Waals surface area contributed by atoms with Crippen LogP contribution in [-0.2, 0) is 16.1 Å². The van der Waals surface area contributed by atoms with Gasteiger partial charge in [-0.2, -0.15) is 0 Å². The van der Waals surface area contributed by atoms with Gasteiger partial charge in [0.2, 0.25) is 0 Å². The molecule has 9 heteroatoms. The molecule has 1 atom stereocenters. The number of carbonyl (C=O) groups is 2. The van der Waals surface area contributed by atoms with Crippen LogP contribution in [0.5, 0.6) is 0 Å². The van der Waals surface area contributed by atoms with Crippen molar-refractivity contribution in [2.75, 3.05) is 49.6 Å². The highest BCUT2D eigenvalue weighted by Crippen LogP contribution is 2.32. The van der Waals surface area contributed by atoms with Crippen LogP contribution in [0.15, 0.2) is 42.5 Å². The number of cyclic esters (lactones) is 1. The van der Waals surface area contributed by atoms with Crippen molar-refractivity contribution in [3.63, 3.8) is 0 Å². The topological polar surface area (TPSA) is 56.3 Å². The highest BCUT2D eigenvalue weighted by atomic mass is 19.1. The standard InChI is InChI=1S/C25H30F2N4O3/c1-18(32)8-9-21-17-31(25(33)34-21)20-14-22(26)24(23(27)15-20)29-11-10-28(2)30(13-12-29)16-19-6-4-3-5-7-19/h3-7,14-15,21H,8-13,16-17H2,1-2H3/t21-/m0/s1. The Morgan fingerprint density at radius 3 is 2.41 bits per heavy atom. The van der Waals surface area contributed by atoms with Gasteiger partial charge in [0.1, 0.15) is 17.6 Å². The van der Waals surface area contributed by atoms with E-state index >= 15 is 8.78 Å². The maximum atomic E-state index is 15.2. The summed E-state index contributed by atoms with van der Waals surface area (Å²) in [7, 11) is 1.98. The van der Waals surface area contributed by atoms with E-state index in [1.165, 1.54) is 29.5 Å². The molecule has 0 aliphatic carbocycles. The first-order valence-corrected chi connectivity index (χ1v) is 11.5. The molecule has 0 unspecified atom stereocenters. The fourth-order valence-electron chi connectivity index (χ4n) is 4.40. The molecule has 2 fully saturated rings. The molecule has 4 rings (SSSR count). The number of ketones is 1. The fourth-order valence-corrected chi connectivity index (χ4v) is 4.40. The van der Waals surface area contributed by atoms with Gasteiger partial charge in [0, 0.05) is 58.3 Å². The second-order valence-corrected chi connectivity index (χ2v) is 8.86. The number of anilines is 2. The van der Waals surface area contributed by atoms with Crippen molar-refractivity contribution >= 4 is 23.3 Å². The minimum Gasteiger partial charge on any atom is -0.444 e. The van der Waals surface area contributed by atoms with Crippen LogP contribution in [0.4, 0.5) is 25.0 Å². The lowest BCUT2D eigenvalue weighted by Crippen LogP contribution is -2.40. The van der Waals surface area contributed by atoms with Crippen molar-refractivity contribution in [3.05, 3.63) is 59.7 Å². The van der Waals surface area contributed by atoms with Gasteiger partial charge in [-0.05, 0) is 18.9 Å². The molecule has 182 valence electrons. The normalized spacial score (nSPS) is 19.9. The molecule has 0 radical (unpaired) electrons. The highest BCUT2D eigenvalue weighted by molar-refractivity contribution is 5.90. The molecule has 0 saturated carbocycles. The number of Topliss-reactive ketones (excluding diaryl/α,β-unsaturated/α-hetero) is 1. The van der Waals surface area contributed by atoms with Gasteiger partial charge < -0.3 is 14.4 Å². The van der Waals surface area contributed by atoms with Crippen LogP contribution in [0.3, 0.4) is 0 Å². The Kier molecular flexibility index (Phi) is 7.43. The zero-order chi connectivity index (χ0) is 24.2. The Morgan fingerprint density at radius 1 is 1.06 bits per heavy atom. The summed E-state index contributed by atoms with van der Waals surface area (Å²) in [6.07, 6.45) is -0.452. The molecule has 2 aliphatic heterocycles. The average Bonchev–Trinajstić information content (AvgIpc) is 3.09. The van der Waals surface area contributed by atoms with Crippen LogP contribution < -0.4 is 9.80 Å². The Hall–Kier alpha value is -3.04. The molecule has 2 aliphatic rings. The third-order valence-corrected chi connectivity index (χ3v) is 6.33. The van der Waals surface area contributed by atoms with E-state index in [9.17, 15) is 9.59 Å². The zero-order valence-corrected chi connectivity index (χ0v) is 19.5. The fraction of sp³-hybridized carbons (Fsp3) is 0.440. The monoisotopic (exact) mass is 472 g/mol. The van der Waals surface area contributed by atoms with E-state index in [4.69, 9.17) is 4.74 Å². The minimum atomic E-state index is -0.714. The summed E-state index contributed by atoms with van der Waals surface area (Å²) in [5, 5.41) is 4.25. The number of hydrogen-bond donors (Lipinski definition) is 0. The zero-order valence-electron chi connectivity index (χ0n) is 19.5. The van der Waals surface area contributed by atoms with E-state index in [0.29, 0.717) is 32.6 Å². The lowest BCUT2D eigenvalue weighted by atomic mass is 10.1. The van der Waals surface area contributed by atoms with Gasteiger partial charge in [-0.15, -0.1) is 0 Å². The van der Waals surface area contributed by atoms with Crippen LogP contribution in [0.25, 0.3) is 0 Å². The van der Waals surface area contributed by atoms with Gasteiger partial charge >= 0.3 is 6.09 Å². The number of halogens is 2. The molecule has 0 bridgehead atoms. The van der Waals surface area contributed by atoms with E-state index in [1.807, 2.05) is 25.2 Å². The number of hydrogen-bond acceptors (Lipinski definition) is 6. The second kappa shape index (κ2) is 10.5. The number of ether oxygens (including phenoxy) is 1. The summed E-state index contributed by atoms with van der Waals surface area (Å²) in [5.74, 6) is -1.43. The molecule has 0 aromatic heterocycles. The summed E-state index contributed by atoms with van der Waals surface area (Å²) in [6, 6.07) is 12.4. The van der Waals surface area contributed by atoms with Crippen LogP contribution in [0.1, 0.15) is 25.3 Å². The quantitative estimate of drug-likeness (QED) is 0.611. The third kappa shape index (κ3) is 5.53. The van der Waals surface area contributed by atoms with E-state index in [1.54, 1.807) is 4.90 Å². The van der Waals surface area contributed by atoms with Crippen LogP contribution in [0, 0.1) is 11.6 Å². The molecule has 0 N–H and O–H groups in total. The molecule has 2 heterocycles. The van der Waals surface area contributed by atoms with Crippen molar-refractivity contribution in [2.24, 2.45) is 0 Å². The predicted octanol–water partition coefficient (Wildman–Crippen LogP) is 3.83. The Morgan fingerprint density at radius 2 is 1.74 bits per heavy atom. The van der Waals surface area contributed by atoms with Crippen molar-refractivity contribution in [1.29, 1.82) is 0 Å². The van der Waals surface area contributed by atoms with Gasteiger partial charge in [-0.1, -0.05) is 30.3 Å². The predicted molar refractivity (Wildman–Crippen MR) is 126 cm³/mol. The largest absolute Gasteiger partial charge is 0.444 e. The Balaban J connectivity index is 1.46. The average molecular weight is 473 g/mol. The molecule has 34 heavy (non-hydrogen) atoms. The van der Waals surface area contributed by atoms with Crippen LogP contribution in [0.2, 0.25) is 0 Å². The number of nitrogens with zero attached hydrogens (tertiary/aromatic N) is 4. The molecule has 0 spiro atoms. The first-order valence-electron chi connectivity index (χ1n) is 11.5. The maximum Gasteiger partial charge on any atom is 0.414 e. The van der Waals surface area contributed by atoms with Gasteiger partial charge in [-0.3, -0.25) is 4.90 Å². The smallest absolute Gasteiger partial charge is 0.414 e. The molecule has 2 saturated heterocycles. The molecule has 2 aromatic rings.